The first kappa shape index (κ1) is 18.7. The maximum atomic E-state index is 12.7. The Bertz CT molecular complexity index is 444. The Hall–Kier alpha value is -1.34. The van der Waals surface area contributed by atoms with Crippen LogP contribution in [0, 0.1) is 0 Å². The van der Waals surface area contributed by atoms with Gasteiger partial charge in [-0.1, -0.05) is 0 Å². The van der Waals surface area contributed by atoms with Crippen molar-refractivity contribution in [3.63, 3.8) is 0 Å². The molecule has 0 aromatic heterocycles. The lowest BCUT2D eigenvalue weighted by Gasteiger charge is -2.31. The van der Waals surface area contributed by atoms with E-state index in [1.54, 1.807) is 16.7 Å². The van der Waals surface area contributed by atoms with Gasteiger partial charge in [-0.15, -0.1) is 12.4 Å². The minimum atomic E-state index is -0.617. The highest BCUT2D eigenvalue weighted by Crippen LogP contribution is 2.25. The average molecular weight is 334 g/mol. The molecule has 0 unspecified atom stereocenters. The Labute approximate surface area is 136 Å². The third kappa shape index (κ3) is 3.52. The molecule has 0 radical (unpaired) electrons. The maximum absolute atomic E-state index is 12.7. The summed E-state index contributed by atoms with van der Waals surface area (Å²) in [5, 5.41) is 0. The Kier molecular flexibility index (Phi) is 6.62. The van der Waals surface area contributed by atoms with Crippen LogP contribution in [-0.4, -0.2) is 65.9 Å². The Morgan fingerprint density at radius 2 is 1.64 bits per heavy atom. The molecule has 0 bridgehead atoms. The quantitative estimate of drug-likeness (QED) is 0.729. The number of carbonyl (C=O) groups excluding carboxylic acids is 3. The molecule has 22 heavy (non-hydrogen) atoms. The number of halogens is 1. The fourth-order valence-electron chi connectivity index (χ4n) is 3.15. The third-order valence-electron chi connectivity index (χ3n) is 4.22. The fraction of sp³-hybridized carbons (Fsp3) is 0.786. The molecule has 2 saturated heterocycles. The molecule has 3 atom stereocenters. The van der Waals surface area contributed by atoms with Gasteiger partial charge in [-0.3, -0.25) is 9.59 Å². The minimum Gasteiger partial charge on any atom is -0.467 e. The van der Waals surface area contributed by atoms with Crippen LogP contribution in [0.4, 0.5) is 0 Å². The van der Waals surface area contributed by atoms with Gasteiger partial charge in [0.15, 0.2) is 0 Å². The second-order valence-electron chi connectivity index (χ2n) is 5.69. The number of hydrogen-bond acceptors (Lipinski definition) is 5. The molecule has 0 aliphatic carbocycles. The largest absolute Gasteiger partial charge is 0.467 e. The number of likely N-dealkylation sites (tertiary alicyclic amines) is 2. The SMILES string of the molecule is COC(=O)[C@@H]1CCCN1C(=O)[C@@H]1CCCN1C(=O)[C@H](C)N.Cl. The topological polar surface area (TPSA) is 92.9 Å². The van der Waals surface area contributed by atoms with Gasteiger partial charge in [0.05, 0.1) is 13.2 Å². The predicted octanol–water partition coefficient (Wildman–Crippen LogP) is -0.0896. The van der Waals surface area contributed by atoms with E-state index in [9.17, 15) is 14.4 Å². The number of amides is 2. The summed E-state index contributed by atoms with van der Waals surface area (Å²) in [4.78, 5) is 39.6. The van der Waals surface area contributed by atoms with Gasteiger partial charge >= 0.3 is 5.97 Å². The van der Waals surface area contributed by atoms with Crippen molar-refractivity contribution in [2.24, 2.45) is 5.73 Å². The van der Waals surface area contributed by atoms with E-state index >= 15 is 0 Å². The van der Waals surface area contributed by atoms with E-state index in [1.165, 1.54) is 7.11 Å². The fourth-order valence-corrected chi connectivity index (χ4v) is 3.15. The van der Waals surface area contributed by atoms with E-state index in [1.807, 2.05) is 0 Å². The van der Waals surface area contributed by atoms with Gasteiger partial charge < -0.3 is 20.3 Å². The van der Waals surface area contributed by atoms with Gasteiger partial charge in [-0.25, -0.2) is 4.79 Å². The highest BCUT2D eigenvalue weighted by molar-refractivity contribution is 5.92. The summed E-state index contributed by atoms with van der Waals surface area (Å²) in [5.41, 5.74) is 5.64. The molecular formula is C14H24ClN3O4. The molecular weight excluding hydrogens is 310 g/mol. The Balaban J connectivity index is 0.00000242. The zero-order valence-electron chi connectivity index (χ0n) is 13.0. The van der Waals surface area contributed by atoms with Crippen LogP contribution in [0.2, 0.25) is 0 Å². The first-order chi connectivity index (χ1) is 9.97. The van der Waals surface area contributed by atoms with Crippen molar-refractivity contribution in [2.75, 3.05) is 20.2 Å². The smallest absolute Gasteiger partial charge is 0.328 e. The monoisotopic (exact) mass is 333 g/mol. The van der Waals surface area contributed by atoms with Gasteiger partial charge in [0.2, 0.25) is 11.8 Å². The summed E-state index contributed by atoms with van der Waals surface area (Å²) in [6, 6.07) is -1.63. The summed E-state index contributed by atoms with van der Waals surface area (Å²) in [6.45, 7) is 2.71. The number of carbonyl (C=O) groups is 3. The van der Waals surface area contributed by atoms with Crippen molar-refractivity contribution in [1.82, 2.24) is 9.80 Å². The molecule has 2 aliphatic rings. The summed E-state index contributed by atoms with van der Waals surface area (Å²) < 4.78 is 4.76. The van der Waals surface area contributed by atoms with Crippen molar-refractivity contribution < 1.29 is 19.1 Å². The first-order valence-corrected chi connectivity index (χ1v) is 7.41. The van der Waals surface area contributed by atoms with Crippen LogP contribution in [0.1, 0.15) is 32.6 Å². The van der Waals surface area contributed by atoms with E-state index in [2.05, 4.69) is 0 Å². The van der Waals surface area contributed by atoms with Crippen molar-refractivity contribution in [1.29, 1.82) is 0 Å². The minimum absolute atomic E-state index is 0. The lowest BCUT2D eigenvalue weighted by Crippen LogP contribution is -2.53. The number of nitrogens with two attached hydrogens (primary N) is 1. The lowest BCUT2D eigenvalue weighted by molar-refractivity contribution is -0.153. The summed E-state index contributed by atoms with van der Waals surface area (Å²) in [7, 11) is 1.32. The molecule has 0 aromatic rings. The highest BCUT2D eigenvalue weighted by atomic mass is 35.5. The van der Waals surface area contributed by atoms with E-state index in [-0.39, 0.29) is 30.2 Å². The zero-order chi connectivity index (χ0) is 15.6. The van der Waals surface area contributed by atoms with E-state index in [0.717, 1.165) is 12.8 Å². The number of nitrogens with zero attached hydrogens (tertiary/aromatic N) is 2. The zero-order valence-corrected chi connectivity index (χ0v) is 13.8. The lowest BCUT2D eigenvalue weighted by atomic mass is 10.1. The molecule has 0 spiro atoms. The van der Waals surface area contributed by atoms with Crippen molar-refractivity contribution in [3.8, 4) is 0 Å². The van der Waals surface area contributed by atoms with Gasteiger partial charge in [0.1, 0.15) is 12.1 Å². The van der Waals surface area contributed by atoms with Gasteiger partial charge in [0, 0.05) is 13.1 Å². The van der Waals surface area contributed by atoms with Crippen LogP contribution in [-0.2, 0) is 19.1 Å². The van der Waals surface area contributed by atoms with E-state index in [0.29, 0.717) is 25.9 Å². The normalized spacial score (nSPS) is 25.6. The second kappa shape index (κ2) is 7.78. The van der Waals surface area contributed by atoms with Gasteiger partial charge in [0.25, 0.3) is 0 Å². The number of ether oxygens (including phenoxy) is 1. The molecule has 2 rings (SSSR count). The van der Waals surface area contributed by atoms with E-state index in [4.69, 9.17) is 10.5 Å². The van der Waals surface area contributed by atoms with Crippen molar-refractivity contribution >= 4 is 30.2 Å². The number of methoxy groups -OCH3 is 1. The number of hydrogen-bond donors (Lipinski definition) is 1. The molecule has 2 amide bonds. The summed E-state index contributed by atoms with van der Waals surface area (Å²) >= 11 is 0. The first-order valence-electron chi connectivity index (χ1n) is 7.41. The van der Waals surface area contributed by atoms with E-state index < -0.39 is 18.1 Å². The molecule has 2 aliphatic heterocycles. The molecule has 126 valence electrons. The molecule has 0 aromatic carbocycles. The predicted molar refractivity (Wildman–Crippen MR) is 82.4 cm³/mol. The summed E-state index contributed by atoms with van der Waals surface area (Å²) in [6.07, 6.45) is 2.80. The van der Waals surface area contributed by atoms with Crippen LogP contribution in [0.15, 0.2) is 0 Å². The standard InChI is InChI=1S/C14H23N3O4.ClH/c1-9(15)12(18)16-7-3-5-10(16)13(19)17-8-4-6-11(17)14(20)21-2;/h9-11H,3-8,15H2,1-2H3;1H/t9-,10-,11-;/m0./s1. The summed E-state index contributed by atoms with van der Waals surface area (Å²) in [5.74, 6) is -0.752. The molecule has 7 nitrogen and oxygen atoms in total. The highest BCUT2D eigenvalue weighted by Gasteiger charge is 2.42. The number of rotatable bonds is 3. The van der Waals surface area contributed by atoms with Crippen LogP contribution >= 0.6 is 12.4 Å². The van der Waals surface area contributed by atoms with Crippen molar-refractivity contribution in [3.05, 3.63) is 0 Å². The van der Waals surface area contributed by atoms with Gasteiger partial charge in [-0.05, 0) is 32.6 Å². The average Bonchev–Trinajstić information content (AvgIpc) is 3.13. The Morgan fingerprint density at radius 3 is 2.18 bits per heavy atom. The van der Waals surface area contributed by atoms with Crippen LogP contribution in [0.5, 0.6) is 0 Å². The number of esters is 1. The van der Waals surface area contributed by atoms with Gasteiger partial charge in [-0.2, -0.15) is 0 Å². The molecule has 2 fully saturated rings. The van der Waals surface area contributed by atoms with Crippen LogP contribution in [0.25, 0.3) is 0 Å². The second-order valence-corrected chi connectivity index (χ2v) is 5.69. The molecule has 2 N–H and O–H groups in total. The molecule has 2 heterocycles. The maximum Gasteiger partial charge on any atom is 0.328 e. The van der Waals surface area contributed by atoms with Crippen LogP contribution < -0.4 is 5.73 Å². The molecule has 0 saturated carbocycles. The third-order valence-corrected chi connectivity index (χ3v) is 4.22. The Morgan fingerprint density at radius 1 is 1.09 bits per heavy atom. The molecule has 8 heteroatoms. The van der Waals surface area contributed by atoms with Crippen LogP contribution in [0.3, 0.4) is 0 Å². The van der Waals surface area contributed by atoms with Crippen molar-refractivity contribution in [2.45, 2.75) is 50.7 Å².